The number of hydrogen-bond acceptors (Lipinski definition) is 5. The maximum atomic E-state index is 12.9. The van der Waals surface area contributed by atoms with Crippen LogP contribution in [-0.4, -0.2) is 32.3 Å². The summed E-state index contributed by atoms with van der Waals surface area (Å²) in [5.74, 6) is 0.473. The fourth-order valence-corrected chi connectivity index (χ4v) is 3.55. The molecule has 2 aromatic carbocycles. The number of halogens is 1. The first kappa shape index (κ1) is 21.6. The topological polar surface area (TPSA) is 91.0 Å². The van der Waals surface area contributed by atoms with Crippen LogP contribution in [0.2, 0.25) is 5.02 Å². The lowest BCUT2D eigenvalue weighted by Crippen LogP contribution is -2.28. The predicted molar refractivity (Wildman–Crippen MR) is 124 cm³/mol. The number of fused-ring (bicyclic) bond motifs is 1. The second kappa shape index (κ2) is 8.84. The summed E-state index contributed by atoms with van der Waals surface area (Å²) in [4.78, 5) is 29.9. The quantitative estimate of drug-likeness (QED) is 0.478. The maximum Gasteiger partial charge on any atom is 0.264 e. The van der Waals surface area contributed by atoms with E-state index in [2.05, 4.69) is 29.2 Å². The Hall–Kier alpha value is -3.65. The molecule has 2 aromatic heterocycles. The summed E-state index contributed by atoms with van der Waals surface area (Å²) in [6.07, 6.45) is 2.82. The number of amides is 1. The minimum Gasteiger partial charge on any atom is -0.495 e. The van der Waals surface area contributed by atoms with Gasteiger partial charge in [0, 0.05) is 5.02 Å². The SMILES string of the molecule is COc1ccc(Cl)cc1NC(=O)Cn1cnc2c(cnn2-c2ccc(C(C)C)cc2)c1=O. The zero-order chi connectivity index (χ0) is 22.8. The predicted octanol–water partition coefficient (Wildman–Crippen LogP) is 4.01. The van der Waals surface area contributed by atoms with Gasteiger partial charge in [-0.3, -0.25) is 14.2 Å². The van der Waals surface area contributed by atoms with Crippen molar-refractivity contribution in [2.24, 2.45) is 0 Å². The number of benzene rings is 2. The zero-order valence-electron chi connectivity index (χ0n) is 17.9. The van der Waals surface area contributed by atoms with E-state index in [1.165, 1.54) is 29.8 Å². The highest BCUT2D eigenvalue weighted by Crippen LogP contribution is 2.27. The Balaban J connectivity index is 1.59. The Morgan fingerprint density at radius 3 is 2.62 bits per heavy atom. The Labute approximate surface area is 189 Å². The first-order chi connectivity index (χ1) is 15.4. The van der Waals surface area contributed by atoms with Crippen molar-refractivity contribution in [1.29, 1.82) is 0 Å². The van der Waals surface area contributed by atoms with E-state index in [1.54, 1.807) is 22.9 Å². The highest BCUT2D eigenvalue weighted by atomic mass is 35.5. The summed E-state index contributed by atoms with van der Waals surface area (Å²) >= 11 is 6.00. The van der Waals surface area contributed by atoms with Gasteiger partial charge in [0.2, 0.25) is 5.91 Å². The van der Waals surface area contributed by atoms with Gasteiger partial charge < -0.3 is 10.1 Å². The van der Waals surface area contributed by atoms with Crippen LogP contribution < -0.4 is 15.6 Å². The standard InChI is InChI=1S/C23H22ClN5O3/c1-14(2)15-4-7-17(8-5-15)29-22-18(11-26-29)23(31)28(13-25-22)12-21(30)27-19-10-16(24)6-9-20(19)32-3/h4-11,13-14H,12H2,1-3H3,(H,27,30). The molecule has 164 valence electrons. The van der Waals surface area contributed by atoms with Crippen molar-refractivity contribution in [3.8, 4) is 11.4 Å². The second-order valence-corrected chi connectivity index (χ2v) is 8.05. The Bertz CT molecular complexity index is 1340. The second-order valence-electron chi connectivity index (χ2n) is 7.61. The van der Waals surface area contributed by atoms with E-state index in [4.69, 9.17) is 16.3 Å². The average molecular weight is 452 g/mol. The molecule has 0 spiro atoms. The Kier molecular flexibility index (Phi) is 5.96. The van der Waals surface area contributed by atoms with Crippen LogP contribution >= 0.6 is 11.6 Å². The molecule has 0 saturated heterocycles. The lowest BCUT2D eigenvalue weighted by molar-refractivity contribution is -0.116. The largest absolute Gasteiger partial charge is 0.495 e. The number of methoxy groups -OCH3 is 1. The molecule has 0 bridgehead atoms. The molecule has 4 aromatic rings. The molecule has 0 radical (unpaired) electrons. The van der Waals surface area contributed by atoms with Crippen LogP contribution in [0.25, 0.3) is 16.7 Å². The number of hydrogen-bond donors (Lipinski definition) is 1. The van der Waals surface area contributed by atoms with Crippen molar-refractivity contribution in [2.45, 2.75) is 26.3 Å². The number of carbonyl (C=O) groups excluding carboxylic acids is 1. The van der Waals surface area contributed by atoms with Crippen molar-refractivity contribution in [3.05, 3.63) is 75.9 Å². The summed E-state index contributed by atoms with van der Waals surface area (Å²) < 4.78 is 8.08. The number of carbonyl (C=O) groups is 1. The number of anilines is 1. The van der Waals surface area contributed by atoms with E-state index in [9.17, 15) is 9.59 Å². The fraction of sp³-hybridized carbons (Fsp3) is 0.217. The van der Waals surface area contributed by atoms with Crippen LogP contribution in [0.4, 0.5) is 5.69 Å². The van der Waals surface area contributed by atoms with Crippen LogP contribution in [-0.2, 0) is 11.3 Å². The lowest BCUT2D eigenvalue weighted by atomic mass is 10.0. The molecule has 0 saturated carbocycles. The molecule has 32 heavy (non-hydrogen) atoms. The van der Waals surface area contributed by atoms with Crippen molar-refractivity contribution >= 4 is 34.2 Å². The van der Waals surface area contributed by atoms with Gasteiger partial charge >= 0.3 is 0 Å². The molecule has 8 nitrogen and oxygen atoms in total. The van der Waals surface area contributed by atoms with E-state index >= 15 is 0 Å². The Morgan fingerprint density at radius 2 is 1.94 bits per heavy atom. The van der Waals surface area contributed by atoms with Crippen molar-refractivity contribution < 1.29 is 9.53 Å². The molecular formula is C23H22ClN5O3. The molecule has 0 aliphatic heterocycles. The summed E-state index contributed by atoms with van der Waals surface area (Å²) in [6, 6.07) is 12.8. The fourth-order valence-electron chi connectivity index (χ4n) is 3.37. The van der Waals surface area contributed by atoms with E-state index in [0.29, 0.717) is 33.4 Å². The van der Waals surface area contributed by atoms with Crippen LogP contribution in [0.15, 0.2) is 59.8 Å². The molecule has 0 atom stereocenters. The van der Waals surface area contributed by atoms with Crippen LogP contribution in [0.5, 0.6) is 5.75 Å². The molecule has 1 amide bonds. The van der Waals surface area contributed by atoms with Crippen molar-refractivity contribution in [3.63, 3.8) is 0 Å². The van der Waals surface area contributed by atoms with Crippen molar-refractivity contribution in [2.75, 3.05) is 12.4 Å². The monoisotopic (exact) mass is 451 g/mol. The molecule has 1 N–H and O–H groups in total. The Morgan fingerprint density at radius 1 is 1.19 bits per heavy atom. The van der Waals surface area contributed by atoms with Gasteiger partial charge in [-0.1, -0.05) is 37.6 Å². The normalized spacial score (nSPS) is 11.2. The third-order valence-electron chi connectivity index (χ3n) is 5.11. The van der Waals surface area contributed by atoms with Crippen molar-refractivity contribution in [1.82, 2.24) is 19.3 Å². The van der Waals surface area contributed by atoms with Gasteiger partial charge in [0.05, 0.1) is 24.7 Å². The molecule has 0 fully saturated rings. The molecule has 2 heterocycles. The summed E-state index contributed by atoms with van der Waals surface area (Å²) in [7, 11) is 1.50. The van der Waals surface area contributed by atoms with Gasteiger partial charge in [-0.15, -0.1) is 0 Å². The summed E-state index contributed by atoms with van der Waals surface area (Å²) in [6.45, 7) is 4.04. The third-order valence-corrected chi connectivity index (χ3v) is 5.34. The molecule has 4 rings (SSSR count). The number of rotatable bonds is 6. The molecule has 9 heteroatoms. The van der Waals surface area contributed by atoms with Gasteiger partial charge in [-0.2, -0.15) is 5.10 Å². The highest BCUT2D eigenvalue weighted by molar-refractivity contribution is 6.31. The molecular weight excluding hydrogens is 430 g/mol. The smallest absolute Gasteiger partial charge is 0.264 e. The number of aromatic nitrogens is 4. The summed E-state index contributed by atoms with van der Waals surface area (Å²) in [5, 5.41) is 7.83. The number of nitrogens with one attached hydrogen (secondary N) is 1. The zero-order valence-corrected chi connectivity index (χ0v) is 18.6. The molecule has 0 aliphatic carbocycles. The maximum absolute atomic E-state index is 12.9. The minimum atomic E-state index is -0.412. The molecule has 0 aliphatic rings. The average Bonchev–Trinajstić information content (AvgIpc) is 3.21. The van der Waals surface area contributed by atoms with Gasteiger partial charge in [0.1, 0.15) is 24.0 Å². The van der Waals surface area contributed by atoms with Gasteiger partial charge in [-0.05, 0) is 41.8 Å². The van der Waals surface area contributed by atoms with E-state index in [-0.39, 0.29) is 12.1 Å². The van der Waals surface area contributed by atoms with Gasteiger partial charge in [-0.25, -0.2) is 9.67 Å². The summed E-state index contributed by atoms with van der Waals surface area (Å²) in [5.41, 5.74) is 2.51. The number of ether oxygens (including phenoxy) is 1. The number of nitrogens with zero attached hydrogens (tertiary/aromatic N) is 4. The van der Waals surface area contributed by atoms with E-state index in [1.807, 2.05) is 24.3 Å². The van der Waals surface area contributed by atoms with Gasteiger partial charge in [0.25, 0.3) is 5.56 Å². The van der Waals surface area contributed by atoms with Crippen LogP contribution in [0, 0.1) is 0 Å². The van der Waals surface area contributed by atoms with E-state index in [0.717, 1.165) is 5.69 Å². The third kappa shape index (κ3) is 4.22. The highest BCUT2D eigenvalue weighted by Gasteiger charge is 2.15. The van der Waals surface area contributed by atoms with Crippen LogP contribution in [0.1, 0.15) is 25.3 Å². The molecule has 0 unspecified atom stereocenters. The first-order valence-corrected chi connectivity index (χ1v) is 10.4. The minimum absolute atomic E-state index is 0.217. The van der Waals surface area contributed by atoms with Gasteiger partial charge in [0.15, 0.2) is 5.65 Å². The van der Waals surface area contributed by atoms with Crippen LogP contribution in [0.3, 0.4) is 0 Å². The van der Waals surface area contributed by atoms with E-state index < -0.39 is 5.91 Å². The first-order valence-electron chi connectivity index (χ1n) is 10.0. The lowest BCUT2D eigenvalue weighted by Gasteiger charge is -2.11.